The number of benzene rings is 1. The summed E-state index contributed by atoms with van der Waals surface area (Å²) in [6, 6.07) is 7.38. The third kappa shape index (κ3) is 5.20. The lowest BCUT2D eigenvalue weighted by atomic mass is 9.97. The summed E-state index contributed by atoms with van der Waals surface area (Å²) in [4.78, 5) is 26.7. The number of carbonyl (C=O) groups excluding carboxylic acids is 1. The summed E-state index contributed by atoms with van der Waals surface area (Å²) < 4.78 is 11.1. The number of carbonyl (C=O) groups is 1. The van der Waals surface area contributed by atoms with Crippen LogP contribution in [0.3, 0.4) is 0 Å². The molecule has 1 aromatic carbocycles. The number of anilines is 1. The maximum absolute atomic E-state index is 13.5. The van der Waals surface area contributed by atoms with Gasteiger partial charge >= 0.3 is 0 Å². The number of amides is 1. The summed E-state index contributed by atoms with van der Waals surface area (Å²) in [5.74, 6) is 0.885. The highest BCUT2D eigenvalue weighted by atomic mass is 16.5. The van der Waals surface area contributed by atoms with Gasteiger partial charge in [-0.1, -0.05) is 23.8 Å². The van der Waals surface area contributed by atoms with Crippen LogP contribution in [-0.2, 0) is 22.4 Å². The zero-order valence-electron chi connectivity index (χ0n) is 21.1. The van der Waals surface area contributed by atoms with Crippen LogP contribution in [0.2, 0.25) is 0 Å². The van der Waals surface area contributed by atoms with E-state index in [1.165, 1.54) is 16.7 Å². The van der Waals surface area contributed by atoms with Gasteiger partial charge < -0.3 is 24.6 Å². The number of hydrogen-bond donors (Lipinski definition) is 1. The Morgan fingerprint density at radius 2 is 1.94 bits per heavy atom. The number of nitrogens with one attached hydrogen (secondary N) is 1. The number of aromatic nitrogens is 2. The van der Waals surface area contributed by atoms with Crippen molar-refractivity contribution in [3.8, 4) is 0 Å². The quantitative estimate of drug-likeness (QED) is 0.706. The Hall–Kier alpha value is -2.55. The van der Waals surface area contributed by atoms with Gasteiger partial charge in [-0.3, -0.25) is 4.79 Å². The van der Waals surface area contributed by atoms with Gasteiger partial charge in [-0.05, 0) is 50.7 Å². The van der Waals surface area contributed by atoms with Crippen LogP contribution in [0.1, 0.15) is 52.0 Å². The molecule has 3 aliphatic rings. The Bertz CT molecular complexity index is 1050. The number of likely N-dealkylation sites (tertiary alicyclic amines) is 1. The first-order valence-electron chi connectivity index (χ1n) is 12.8. The molecule has 0 saturated carbocycles. The molecule has 2 fully saturated rings. The molecule has 0 aliphatic carbocycles. The van der Waals surface area contributed by atoms with Gasteiger partial charge in [0.15, 0.2) is 0 Å². The van der Waals surface area contributed by atoms with E-state index in [4.69, 9.17) is 9.47 Å². The molecule has 1 aromatic heterocycles. The minimum absolute atomic E-state index is 0.0127. The normalized spacial score (nSPS) is 23.3. The number of piperidine rings is 1. The van der Waals surface area contributed by atoms with Gasteiger partial charge in [0.25, 0.3) is 5.91 Å². The number of aryl methyl sites for hydroxylation is 1. The van der Waals surface area contributed by atoms with E-state index in [1.54, 1.807) is 13.4 Å². The number of fused-ring (bicyclic) bond motifs is 1. The maximum atomic E-state index is 13.5. The van der Waals surface area contributed by atoms with Crippen molar-refractivity contribution in [1.29, 1.82) is 0 Å². The minimum Gasteiger partial charge on any atom is -0.379 e. The van der Waals surface area contributed by atoms with Crippen molar-refractivity contribution in [2.24, 2.45) is 0 Å². The molecule has 2 unspecified atom stereocenters. The number of rotatable bonds is 5. The van der Waals surface area contributed by atoms with Crippen LogP contribution in [-0.4, -0.2) is 78.9 Å². The van der Waals surface area contributed by atoms with Crippen molar-refractivity contribution >= 4 is 11.7 Å². The second-order valence-electron chi connectivity index (χ2n) is 10.1. The Morgan fingerprint density at radius 1 is 1.11 bits per heavy atom. The van der Waals surface area contributed by atoms with Crippen LogP contribution < -0.4 is 10.2 Å². The van der Waals surface area contributed by atoms with E-state index in [9.17, 15) is 4.79 Å². The van der Waals surface area contributed by atoms with Crippen LogP contribution in [0.4, 0.5) is 5.82 Å². The molecule has 2 atom stereocenters. The van der Waals surface area contributed by atoms with E-state index in [2.05, 4.69) is 45.3 Å². The van der Waals surface area contributed by atoms with Gasteiger partial charge in [0, 0.05) is 57.5 Å². The van der Waals surface area contributed by atoms with E-state index in [1.807, 2.05) is 11.8 Å². The van der Waals surface area contributed by atoms with Crippen molar-refractivity contribution in [1.82, 2.24) is 20.2 Å². The fourth-order valence-corrected chi connectivity index (χ4v) is 5.68. The van der Waals surface area contributed by atoms with E-state index < -0.39 is 0 Å². The third-order valence-corrected chi connectivity index (χ3v) is 7.77. The highest BCUT2D eigenvalue weighted by Crippen LogP contribution is 2.28. The molecule has 1 amide bonds. The number of nitrogens with zero attached hydrogens (tertiary/aromatic N) is 4. The average molecular weight is 480 g/mol. The number of ether oxygens (including phenoxy) is 2. The minimum atomic E-state index is 0.0127. The van der Waals surface area contributed by atoms with Crippen molar-refractivity contribution in [3.63, 3.8) is 0 Å². The molecular formula is C27H37N5O3. The van der Waals surface area contributed by atoms with Gasteiger partial charge in [0.05, 0.1) is 12.7 Å². The summed E-state index contributed by atoms with van der Waals surface area (Å²) in [5.41, 5.74) is 5.42. The second kappa shape index (κ2) is 10.6. The standard InChI is InChI=1S/C27H37N5O3/c1-18-4-5-20-6-10-32(15-21(20)14-18)26-19(2)25(28-17-29-26)27(33)31-11-7-22(8-12-31)30-23-9-13-35-16-24(23)34-3/h4-5,14,17,22-24,30H,6-13,15-16H2,1-3H3. The molecule has 35 heavy (non-hydrogen) atoms. The molecular weight excluding hydrogens is 442 g/mol. The lowest BCUT2D eigenvalue weighted by molar-refractivity contribution is -0.0533. The molecule has 8 heteroatoms. The van der Waals surface area contributed by atoms with Crippen LogP contribution in [0.25, 0.3) is 0 Å². The highest BCUT2D eigenvalue weighted by Gasteiger charge is 2.31. The predicted octanol–water partition coefficient (Wildman–Crippen LogP) is 2.65. The molecule has 0 spiro atoms. The predicted molar refractivity (Wildman–Crippen MR) is 135 cm³/mol. The first kappa shape index (κ1) is 24.2. The van der Waals surface area contributed by atoms with Crippen LogP contribution in [0.5, 0.6) is 0 Å². The molecule has 0 bridgehead atoms. The first-order chi connectivity index (χ1) is 17.0. The van der Waals surface area contributed by atoms with E-state index >= 15 is 0 Å². The lowest BCUT2D eigenvalue weighted by Gasteiger charge is -2.38. The molecule has 5 rings (SSSR count). The number of methoxy groups -OCH3 is 1. The molecule has 1 N–H and O–H groups in total. The van der Waals surface area contributed by atoms with Crippen molar-refractivity contribution in [2.75, 3.05) is 44.9 Å². The topological polar surface area (TPSA) is 79.8 Å². The largest absolute Gasteiger partial charge is 0.379 e. The smallest absolute Gasteiger partial charge is 0.272 e. The van der Waals surface area contributed by atoms with Gasteiger partial charge in [0.2, 0.25) is 0 Å². The monoisotopic (exact) mass is 479 g/mol. The summed E-state index contributed by atoms with van der Waals surface area (Å²) in [5, 5.41) is 3.76. The van der Waals surface area contributed by atoms with Crippen LogP contribution in [0.15, 0.2) is 24.5 Å². The van der Waals surface area contributed by atoms with Crippen molar-refractivity contribution in [2.45, 2.75) is 64.3 Å². The van der Waals surface area contributed by atoms with Gasteiger partial charge in [-0.2, -0.15) is 0 Å². The summed E-state index contributed by atoms with van der Waals surface area (Å²) in [7, 11) is 1.75. The van der Waals surface area contributed by atoms with E-state index in [0.717, 1.165) is 69.9 Å². The SMILES string of the molecule is COC1COCCC1NC1CCN(C(=O)c2ncnc(N3CCc4ccc(C)cc4C3)c2C)CC1. The molecule has 2 saturated heterocycles. The van der Waals surface area contributed by atoms with Gasteiger partial charge in [-0.15, -0.1) is 0 Å². The molecule has 188 valence electrons. The summed E-state index contributed by atoms with van der Waals surface area (Å²) >= 11 is 0. The van der Waals surface area contributed by atoms with E-state index in [0.29, 0.717) is 24.4 Å². The zero-order valence-corrected chi connectivity index (χ0v) is 21.1. The molecule has 2 aromatic rings. The van der Waals surface area contributed by atoms with Gasteiger partial charge in [-0.25, -0.2) is 9.97 Å². The molecule has 8 nitrogen and oxygen atoms in total. The van der Waals surface area contributed by atoms with Crippen molar-refractivity contribution < 1.29 is 14.3 Å². The summed E-state index contributed by atoms with van der Waals surface area (Å²) in [6.45, 7) is 8.69. The van der Waals surface area contributed by atoms with Crippen LogP contribution >= 0.6 is 0 Å². The first-order valence-corrected chi connectivity index (χ1v) is 12.8. The van der Waals surface area contributed by atoms with E-state index in [-0.39, 0.29) is 12.0 Å². The summed E-state index contributed by atoms with van der Waals surface area (Å²) in [6.07, 6.45) is 5.45. The fourth-order valence-electron chi connectivity index (χ4n) is 5.68. The van der Waals surface area contributed by atoms with Crippen LogP contribution in [0, 0.1) is 13.8 Å². The molecule has 0 radical (unpaired) electrons. The second-order valence-corrected chi connectivity index (χ2v) is 10.1. The average Bonchev–Trinajstić information content (AvgIpc) is 2.89. The highest BCUT2D eigenvalue weighted by molar-refractivity contribution is 5.94. The maximum Gasteiger partial charge on any atom is 0.272 e. The number of hydrogen-bond acceptors (Lipinski definition) is 7. The molecule has 3 aliphatic heterocycles. The molecule has 4 heterocycles. The Balaban J connectivity index is 1.23. The lowest BCUT2D eigenvalue weighted by Crippen LogP contribution is -2.54. The fraction of sp³-hybridized carbons (Fsp3) is 0.593. The zero-order chi connectivity index (χ0) is 24.4. The van der Waals surface area contributed by atoms with Gasteiger partial charge in [0.1, 0.15) is 17.8 Å². The Labute approximate surface area is 208 Å². The Morgan fingerprint density at radius 3 is 2.74 bits per heavy atom. The third-order valence-electron chi connectivity index (χ3n) is 7.77. The Kier molecular flexibility index (Phi) is 7.32. The van der Waals surface area contributed by atoms with Crippen molar-refractivity contribution in [3.05, 3.63) is 52.5 Å².